The largest absolute Gasteiger partial charge is 0.497 e. The Morgan fingerprint density at radius 2 is 1.86 bits per heavy atom. The molecule has 4 rings (SSSR count). The number of fused-ring (bicyclic) bond motifs is 1. The number of hydrogen-bond acceptors (Lipinski definition) is 7. The van der Waals surface area contributed by atoms with Gasteiger partial charge in [-0.15, -0.1) is 0 Å². The van der Waals surface area contributed by atoms with Gasteiger partial charge in [0.25, 0.3) is 5.91 Å². The van der Waals surface area contributed by atoms with E-state index in [2.05, 4.69) is 0 Å². The molecule has 1 heterocycles. The number of methoxy groups -OCH3 is 1. The Kier molecular flexibility index (Phi) is 7.63. The first kappa shape index (κ1) is 25.7. The monoisotopic (exact) mass is 505 g/mol. The zero-order valence-electron chi connectivity index (χ0n) is 20.2. The van der Waals surface area contributed by atoms with Gasteiger partial charge in [-0.25, -0.2) is 4.79 Å². The predicted octanol–water partition coefficient (Wildman–Crippen LogP) is 4.46. The van der Waals surface area contributed by atoms with Crippen LogP contribution in [0.3, 0.4) is 0 Å². The Morgan fingerprint density at radius 1 is 1.17 bits per heavy atom. The number of ether oxygens (including phenoxy) is 4. The molecule has 194 valence electrons. The molecule has 1 saturated carbocycles. The molecule has 8 nitrogen and oxygen atoms in total. The van der Waals surface area contributed by atoms with E-state index in [1.165, 1.54) is 24.1 Å². The third-order valence-corrected chi connectivity index (χ3v) is 6.51. The Bertz CT molecular complexity index is 1100. The van der Waals surface area contributed by atoms with Crippen molar-refractivity contribution in [2.45, 2.75) is 63.9 Å². The van der Waals surface area contributed by atoms with Crippen LogP contribution in [0.15, 0.2) is 36.4 Å². The van der Waals surface area contributed by atoms with Crippen LogP contribution >= 0.6 is 0 Å². The molecule has 0 saturated heterocycles. The highest BCUT2D eigenvalue weighted by atomic mass is 19.3. The average Bonchev–Trinajstić information content (AvgIpc) is 2.86. The van der Waals surface area contributed by atoms with Crippen molar-refractivity contribution in [3.8, 4) is 17.2 Å². The van der Waals surface area contributed by atoms with E-state index < -0.39 is 30.2 Å². The van der Waals surface area contributed by atoms with Crippen LogP contribution in [0.25, 0.3) is 0 Å². The first-order valence-corrected chi connectivity index (χ1v) is 11.9. The number of aliphatic hydroxyl groups is 1. The number of esters is 1. The van der Waals surface area contributed by atoms with E-state index in [0.29, 0.717) is 37.0 Å². The molecular weight excluding hydrogens is 476 g/mol. The second-order valence-electron chi connectivity index (χ2n) is 8.82. The van der Waals surface area contributed by atoms with Crippen LogP contribution in [-0.4, -0.2) is 49.0 Å². The Balaban J connectivity index is 1.86. The van der Waals surface area contributed by atoms with E-state index in [-0.39, 0.29) is 35.9 Å². The first-order valence-electron chi connectivity index (χ1n) is 11.9. The fourth-order valence-electron chi connectivity index (χ4n) is 4.75. The molecule has 2 aromatic carbocycles. The van der Waals surface area contributed by atoms with Crippen molar-refractivity contribution in [3.05, 3.63) is 47.5 Å². The maximum atomic E-state index is 13.9. The van der Waals surface area contributed by atoms with Crippen LogP contribution in [0, 0.1) is 0 Å². The van der Waals surface area contributed by atoms with Crippen molar-refractivity contribution >= 4 is 17.6 Å². The van der Waals surface area contributed by atoms with Gasteiger partial charge in [-0.05, 0) is 49.6 Å². The molecule has 36 heavy (non-hydrogen) atoms. The summed E-state index contributed by atoms with van der Waals surface area (Å²) in [6.45, 7) is -1.49. The highest BCUT2D eigenvalue weighted by molar-refractivity contribution is 6.08. The summed E-state index contributed by atoms with van der Waals surface area (Å²) in [5.74, 6) is -1.27. The fraction of sp³-hybridized carbons (Fsp3) is 0.462. The number of amides is 1. The van der Waals surface area contributed by atoms with E-state index in [9.17, 15) is 23.5 Å². The molecule has 0 bridgehead atoms. The van der Waals surface area contributed by atoms with Gasteiger partial charge in [0.1, 0.15) is 17.0 Å². The highest BCUT2D eigenvalue weighted by Crippen LogP contribution is 2.48. The van der Waals surface area contributed by atoms with Gasteiger partial charge >= 0.3 is 12.6 Å². The molecule has 1 unspecified atom stereocenters. The summed E-state index contributed by atoms with van der Waals surface area (Å²) in [6, 6.07) is 9.37. The van der Waals surface area contributed by atoms with Crippen LogP contribution in [0.5, 0.6) is 17.2 Å². The smallest absolute Gasteiger partial charge is 0.387 e. The number of alkyl halides is 2. The van der Waals surface area contributed by atoms with Gasteiger partial charge < -0.3 is 29.0 Å². The minimum absolute atomic E-state index is 0.0176. The Hall–Kier alpha value is -3.40. The Morgan fingerprint density at radius 3 is 2.47 bits per heavy atom. The lowest BCUT2D eigenvalue weighted by molar-refractivity contribution is -0.146. The fourth-order valence-corrected chi connectivity index (χ4v) is 4.75. The average molecular weight is 506 g/mol. The number of carbonyl (C=O) groups excluding carboxylic acids is 2. The maximum Gasteiger partial charge on any atom is 0.387 e. The van der Waals surface area contributed by atoms with E-state index in [1.807, 2.05) is 0 Å². The van der Waals surface area contributed by atoms with Gasteiger partial charge in [0, 0.05) is 0 Å². The lowest BCUT2D eigenvalue weighted by Gasteiger charge is -2.44. The van der Waals surface area contributed by atoms with Crippen LogP contribution in [0.1, 0.15) is 54.9 Å². The molecule has 1 atom stereocenters. The molecule has 1 aliphatic carbocycles. The number of nitrogens with zero attached hydrogens (tertiary/aromatic N) is 1. The zero-order chi connectivity index (χ0) is 25.9. The molecule has 1 fully saturated rings. The molecule has 1 amide bonds. The number of hydrogen-bond donors (Lipinski definition) is 1. The van der Waals surface area contributed by atoms with Gasteiger partial charge in [-0.2, -0.15) is 8.78 Å². The van der Waals surface area contributed by atoms with E-state index in [1.54, 1.807) is 31.2 Å². The molecule has 2 aliphatic rings. The minimum atomic E-state index is -3.17. The van der Waals surface area contributed by atoms with Crippen molar-refractivity contribution in [2.24, 2.45) is 0 Å². The number of carbonyl (C=O) groups is 2. The number of rotatable bonds is 8. The van der Waals surface area contributed by atoms with Crippen molar-refractivity contribution in [1.29, 1.82) is 0 Å². The molecule has 10 heteroatoms. The SMILES string of the molecule is CCOC(=O)c1ccc(OC(F)F)c2c1N(Cc1ccc(OC)cc1)C(=O)C(C1(O)CCCCC1)O2. The molecule has 0 spiro atoms. The van der Waals surface area contributed by atoms with Crippen molar-refractivity contribution in [2.75, 3.05) is 18.6 Å². The molecular formula is C26H29F2NO7. The predicted molar refractivity (Wildman–Crippen MR) is 126 cm³/mol. The second kappa shape index (κ2) is 10.7. The summed E-state index contributed by atoms with van der Waals surface area (Å²) in [6.07, 6.45) is 1.56. The third-order valence-electron chi connectivity index (χ3n) is 6.51. The number of anilines is 1. The number of benzene rings is 2. The summed E-state index contributed by atoms with van der Waals surface area (Å²) in [7, 11) is 1.53. The molecule has 2 aromatic rings. The quantitative estimate of drug-likeness (QED) is 0.530. The topological polar surface area (TPSA) is 94.5 Å². The molecule has 0 radical (unpaired) electrons. The van der Waals surface area contributed by atoms with Crippen LogP contribution in [-0.2, 0) is 16.1 Å². The van der Waals surface area contributed by atoms with E-state index in [0.717, 1.165) is 6.42 Å². The maximum absolute atomic E-state index is 13.9. The van der Waals surface area contributed by atoms with Gasteiger partial charge in [0.15, 0.2) is 11.5 Å². The summed E-state index contributed by atoms with van der Waals surface area (Å²) in [4.78, 5) is 28.0. The van der Waals surface area contributed by atoms with Gasteiger partial charge in [0.2, 0.25) is 6.10 Å². The van der Waals surface area contributed by atoms with E-state index >= 15 is 0 Å². The molecule has 1 N–H and O–H groups in total. The Labute approximate surface area is 207 Å². The third kappa shape index (κ3) is 5.09. The lowest BCUT2D eigenvalue weighted by atomic mass is 9.79. The first-order chi connectivity index (χ1) is 17.3. The number of halogens is 2. The standard InChI is InChI=1S/C26H29F2NO7/c1-3-34-24(31)18-11-12-19(35-25(27)28)21-20(18)29(15-16-7-9-17(33-2)10-8-16)23(30)22(36-21)26(32)13-5-4-6-14-26/h7-12,22,25,32H,3-6,13-15H2,1-2H3. The van der Waals surface area contributed by atoms with Crippen molar-refractivity contribution in [1.82, 2.24) is 0 Å². The van der Waals surface area contributed by atoms with E-state index in [4.69, 9.17) is 18.9 Å². The molecule has 1 aliphatic heterocycles. The summed E-state index contributed by atoms with van der Waals surface area (Å²) < 4.78 is 47.6. The van der Waals surface area contributed by atoms with Gasteiger partial charge in [-0.1, -0.05) is 31.4 Å². The molecule has 0 aromatic heterocycles. The highest BCUT2D eigenvalue weighted by Gasteiger charge is 2.50. The zero-order valence-corrected chi connectivity index (χ0v) is 20.2. The summed E-state index contributed by atoms with van der Waals surface area (Å²) in [5.41, 5.74) is -0.887. The van der Waals surface area contributed by atoms with Crippen LogP contribution in [0.2, 0.25) is 0 Å². The second-order valence-corrected chi connectivity index (χ2v) is 8.82. The normalized spacial score (nSPS) is 18.9. The van der Waals surface area contributed by atoms with Gasteiger partial charge in [-0.3, -0.25) is 4.79 Å². The summed E-state index contributed by atoms with van der Waals surface area (Å²) >= 11 is 0. The van der Waals surface area contributed by atoms with Gasteiger partial charge in [0.05, 0.1) is 25.8 Å². The van der Waals surface area contributed by atoms with Crippen molar-refractivity contribution in [3.63, 3.8) is 0 Å². The lowest BCUT2D eigenvalue weighted by Crippen LogP contribution is -2.58. The van der Waals surface area contributed by atoms with Crippen LogP contribution < -0.4 is 19.1 Å². The van der Waals surface area contributed by atoms with Crippen molar-refractivity contribution < 1.29 is 42.4 Å². The van der Waals surface area contributed by atoms with Crippen LogP contribution in [0.4, 0.5) is 14.5 Å². The summed E-state index contributed by atoms with van der Waals surface area (Å²) in [5, 5.41) is 11.4. The minimum Gasteiger partial charge on any atom is -0.497 e.